The molecule has 94 valence electrons. The predicted octanol–water partition coefficient (Wildman–Crippen LogP) is 2.40. The molecule has 0 unspecified atom stereocenters. The van der Waals surface area contributed by atoms with E-state index in [9.17, 15) is 4.79 Å². The summed E-state index contributed by atoms with van der Waals surface area (Å²) in [5, 5.41) is 10.2. The molecule has 0 amide bonds. The molecule has 2 heterocycles. The first-order valence-corrected chi connectivity index (χ1v) is 6.31. The van der Waals surface area contributed by atoms with Crippen LogP contribution in [0.2, 0.25) is 0 Å². The molecular formula is C14H16N2O2. The number of aromatic amines is 1. The third-order valence-electron chi connectivity index (χ3n) is 3.55. The Labute approximate surface area is 105 Å². The third kappa shape index (κ3) is 1.83. The molecule has 0 aliphatic carbocycles. The maximum atomic E-state index is 11.0. The summed E-state index contributed by atoms with van der Waals surface area (Å²) in [5.74, 6) is -0.773. The number of hydrogen-bond donors (Lipinski definition) is 2. The van der Waals surface area contributed by atoms with Crippen LogP contribution >= 0.6 is 0 Å². The van der Waals surface area contributed by atoms with Gasteiger partial charge in [0.25, 0.3) is 0 Å². The van der Waals surface area contributed by atoms with Gasteiger partial charge in [-0.05, 0) is 30.5 Å². The molecule has 1 saturated heterocycles. The number of carboxylic acid groups (broad SMARTS) is 1. The average molecular weight is 244 g/mol. The van der Waals surface area contributed by atoms with Crippen molar-refractivity contribution < 1.29 is 9.90 Å². The molecule has 0 spiro atoms. The Morgan fingerprint density at radius 1 is 1.28 bits per heavy atom. The van der Waals surface area contributed by atoms with Gasteiger partial charge < -0.3 is 15.0 Å². The predicted molar refractivity (Wildman–Crippen MR) is 71.1 cm³/mol. The first-order valence-electron chi connectivity index (χ1n) is 6.31. The van der Waals surface area contributed by atoms with Crippen LogP contribution in [0.5, 0.6) is 0 Å². The summed E-state index contributed by atoms with van der Waals surface area (Å²) in [7, 11) is 0. The van der Waals surface area contributed by atoms with Crippen molar-refractivity contribution in [3.63, 3.8) is 0 Å². The van der Waals surface area contributed by atoms with Crippen LogP contribution in [-0.2, 0) is 11.2 Å². The van der Waals surface area contributed by atoms with Gasteiger partial charge in [0.1, 0.15) is 0 Å². The van der Waals surface area contributed by atoms with Crippen LogP contribution in [0, 0.1) is 0 Å². The Bertz CT molecular complexity index is 582. The standard InChI is InChI=1S/C14H16N2O2/c17-13(18)9-10-3-4-12-11(5-6-15-12)14(10)16-7-1-2-8-16/h3-6,15H,1-2,7-9H2,(H,17,18). The normalized spacial score (nSPS) is 15.4. The molecule has 1 aromatic heterocycles. The number of aliphatic carboxylic acids is 1. The molecule has 0 atom stereocenters. The minimum absolute atomic E-state index is 0.0902. The van der Waals surface area contributed by atoms with E-state index in [1.54, 1.807) is 0 Å². The van der Waals surface area contributed by atoms with E-state index in [0.29, 0.717) is 0 Å². The molecule has 1 aromatic carbocycles. The largest absolute Gasteiger partial charge is 0.481 e. The Morgan fingerprint density at radius 3 is 2.78 bits per heavy atom. The number of nitrogens with one attached hydrogen (secondary N) is 1. The zero-order valence-corrected chi connectivity index (χ0v) is 10.1. The molecule has 1 aliphatic rings. The molecule has 4 heteroatoms. The molecule has 0 radical (unpaired) electrons. The van der Waals surface area contributed by atoms with E-state index >= 15 is 0 Å². The first-order chi connectivity index (χ1) is 8.75. The fourth-order valence-corrected chi connectivity index (χ4v) is 2.78. The van der Waals surface area contributed by atoms with Gasteiger partial charge in [-0.25, -0.2) is 0 Å². The first kappa shape index (κ1) is 11.1. The Morgan fingerprint density at radius 2 is 2.06 bits per heavy atom. The molecule has 3 rings (SSSR count). The van der Waals surface area contributed by atoms with Gasteiger partial charge in [-0.3, -0.25) is 4.79 Å². The lowest BCUT2D eigenvalue weighted by molar-refractivity contribution is -0.136. The molecule has 18 heavy (non-hydrogen) atoms. The molecular weight excluding hydrogens is 228 g/mol. The summed E-state index contributed by atoms with van der Waals surface area (Å²) in [4.78, 5) is 16.5. The molecule has 1 fully saturated rings. The molecule has 2 N–H and O–H groups in total. The molecule has 1 aliphatic heterocycles. The number of benzene rings is 1. The topological polar surface area (TPSA) is 56.3 Å². The van der Waals surface area contributed by atoms with Gasteiger partial charge in [-0.15, -0.1) is 0 Å². The average Bonchev–Trinajstić information content (AvgIpc) is 2.97. The van der Waals surface area contributed by atoms with Crippen LogP contribution < -0.4 is 4.90 Å². The third-order valence-corrected chi connectivity index (χ3v) is 3.55. The number of carbonyl (C=O) groups is 1. The van der Waals surface area contributed by atoms with E-state index in [0.717, 1.165) is 35.2 Å². The van der Waals surface area contributed by atoms with Gasteiger partial charge in [0.05, 0.1) is 6.42 Å². The Balaban J connectivity index is 2.14. The summed E-state index contributed by atoms with van der Waals surface area (Å²) < 4.78 is 0. The zero-order chi connectivity index (χ0) is 12.5. The van der Waals surface area contributed by atoms with E-state index < -0.39 is 5.97 Å². The molecule has 0 bridgehead atoms. The lowest BCUT2D eigenvalue weighted by atomic mass is 10.0. The van der Waals surface area contributed by atoms with Crippen LogP contribution in [0.3, 0.4) is 0 Å². The maximum Gasteiger partial charge on any atom is 0.307 e. The highest BCUT2D eigenvalue weighted by molar-refractivity contribution is 5.95. The van der Waals surface area contributed by atoms with Gasteiger partial charge in [0.2, 0.25) is 0 Å². The number of aromatic nitrogens is 1. The summed E-state index contributed by atoms with van der Waals surface area (Å²) in [6, 6.07) is 5.93. The highest BCUT2D eigenvalue weighted by Gasteiger charge is 2.19. The second kappa shape index (κ2) is 4.37. The second-order valence-electron chi connectivity index (χ2n) is 4.78. The second-order valence-corrected chi connectivity index (χ2v) is 4.78. The monoisotopic (exact) mass is 244 g/mol. The fraction of sp³-hybridized carbons (Fsp3) is 0.357. The quantitative estimate of drug-likeness (QED) is 0.871. The summed E-state index contributed by atoms with van der Waals surface area (Å²) in [6.07, 6.45) is 4.38. The summed E-state index contributed by atoms with van der Waals surface area (Å²) in [6.45, 7) is 2.05. The number of carboxylic acids is 1. The minimum Gasteiger partial charge on any atom is -0.481 e. The van der Waals surface area contributed by atoms with Crippen LogP contribution in [0.4, 0.5) is 5.69 Å². The van der Waals surface area contributed by atoms with Gasteiger partial charge >= 0.3 is 5.97 Å². The van der Waals surface area contributed by atoms with Crippen molar-refractivity contribution in [2.24, 2.45) is 0 Å². The van der Waals surface area contributed by atoms with E-state index in [4.69, 9.17) is 5.11 Å². The van der Waals surface area contributed by atoms with E-state index in [1.165, 1.54) is 12.8 Å². The van der Waals surface area contributed by atoms with Crippen LogP contribution in [-0.4, -0.2) is 29.1 Å². The molecule has 4 nitrogen and oxygen atoms in total. The fourth-order valence-electron chi connectivity index (χ4n) is 2.78. The van der Waals surface area contributed by atoms with E-state index in [1.807, 2.05) is 24.4 Å². The van der Waals surface area contributed by atoms with Crippen LogP contribution in [0.15, 0.2) is 24.4 Å². The number of nitrogens with zero attached hydrogens (tertiary/aromatic N) is 1. The van der Waals surface area contributed by atoms with Gasteiger partial charge in [-0.1, -0.05) is 6.07 Å². The molecule has 0 saturated carbocycles. The van der Waals surface area contributed by atoms with Crippen molar-refractivity contribution in [2.75, 3.05) is 18.0 Å². The summed E-state index contributed by atoms with van der Waals surface area (Å²) in [5.41, 5.74) is 3.09. The van der Waals surface area contributed by atoms with Gasteiger partial charge in [0.15, 0.2) is 0 Å². The zero-order valence-electron chi connectivity index (χ0n) is 10.1. The lowest BCUT2D eigenvalue weighted by Crippen LogP contribution is -2.20. The van der Waals surface area contributed by atoms with Crippen molar-refractivity contribution in [2.45, 2.75) is 19.3 Å². The Hall–Kier alpha value is -1.97. The smallest absolute Gasteiger partial charge is 0.307 e. The lowest BCUT2D eigenvalue weighted by Gasteiger charge is -2.22. The van der Waals surface area contributed by atoms with Crippen LogP contribution in [0.25, 0.3) is 10.9 Å². The van der Waals surface area contributed by atoms with Crippen molar-refractivity contribution in [1.29, 1.82) is 0 Å². The highest BCUT2D eigenvalue weighted by Crippen LogP contribution is 2.33. The number of H-pyrrole nitrogens is 1. The van der Waals surface area contributed by atoms with Crippen LogP contribution in [0.1, 0.15) is 18.4 Å². The molecule has 2 aromatic rings. The van der Waals surface area contributed by atoms with Crippen molar-refractivity contribution in [1.82, 2.24) is 4.98 Å². The van der Waals surface area contributed by atoms with Crippen molar-refractivity contribution in [3.05, 3.63) is 30.0 Å². The number of hydrogen-bond acceptors (Lipinski definition) is 2. The van der Waals surface area contributed by atoms with E-state index in [2.05, 4.69) is 9.88 Å². The summed E-state index contributed by atoms with van der Waals surface area (Å²) >= 11 is 0. The number of rotatable bonds is 3. The van der Waals surface area contributed by atoms with Gasteiger partial charge in [-0.2, -0.15) is 0 Å². The minimum atomic E-state index is -0.773. The van der Waals surface area contributed by atoms with Crippen molar-refractivity contribution in [3.8, 4) is 0 Å². The van der Waals surface area contributed by atoms with Crippen molar-refractivity contribution >= 4 is 22.6 Å². The highest BCUT2D eigenvalue weighted by atomic mass is 16.4. The number of fused-ring (bicyclic) bond motifs is 1. The van der Waals surface area contributed by atoms with Gasteiger partial charge in [0, 0.05) is 35.9 Å². The Kier molecular flexibility index (Phi) is 2.70. The SMILES string of the molecule is O=C(O)Cc1ccc2[nH]ccc2c1N1CCCC1. The van der Waals surface area contributed by atoms with E-state index in [-0.39, 0.29) is 6.42 Å². The number of anilines is 1. The maximum absolute atomic E-state index is 11.0.